The zero-order valence-corrected chi connectivity index (χ0v) is 18.2. The zero-order valence-electron chi connectivity index (χ0n) is 15.8. The van der Waals surface area contributed by atoms with Gasteiger partial charge < -0.3 is 13.7 Å². The molecule has 2 heterocycles. The summed E-state index contributed by atoms with van der Waals surface area (Å²) in [7, 11) is 0. The molecule has 0 radical (unpaired) electrons. The Balaban J connectivity index is 1.68. The highest BCUT2D eigenvalue weighted by molar-refractivity contribution is 9.10. The number of thioether (sulfide) groups is 1. The molecule has 0 amide bonds. The number of aromatic nitrogens is 2. The van der Waals surface area contributed by atoms with Gasteiger partial charge in [0.2, 0.25) is 0 Å². The van der Waals surface area contributed by atoms with E-state index in [1.807, 2.05) is 30.3 Å². The van der Waals surface area contributed by atoms with E-state index < -0.39 is 0 Å². The molecule has 2 aromatic carbocycles. The number of hydrogen-bond donors (Lipinski definition) is 0. The molecule has 0 N–H and O–H groups in total. The van der Waals surface area contributed by atoms with Crippen LogP contribution in [0.15, 0.2) is 74.9 Å². The molecule has 4 aromatic rings. The molecule has 7 heteroatoms. The lowest BCUT2D eigenvalue weighted by Crippen LogP contribution is -2.04. The van der Waals surface area contributed by atoms with E-state index in [1.165, 1.54) is 5.56 Å². The fraction of sp³-hybridized carbons (Fsp3) is 0.182. The highest BCUT2D eigenvalue weighted by Crippen LogP contribution is 2.29. The van der Waals surface area contributed by atoms with Crippen molar-refractivity contribution < 1.29 is 13.9 Å². The smallest absolute Gasteiger partial charge is 0.338 e. The molecule has 0 fully saturated rings. The third kappa shape index (κ3) is 4.57. The third-order valence-corrected chi connectivity index (χ3v) is 5.92. The van der Waals surface area contributed by atoms with Gasteiger partial charge in [-0.15, -0.1) is 0 Å². The molecule has 148 valence electrons. The molecule has 4 rings (SSSR count). The van der Waals surface area contributed by atoms with Crippen LogP contribution in [-0.2, 0) is 17.0 Å². The minimum absolute atomic E-state index is 0.335. The molecule has 0 aliphatic carbocycles. The van der Waals surface area contributed by atoms with Gasteiger partial charge in [0.15, 0.2) is 5.16 Å². The Morgan fingerprint density at radius 2 is 2.10 bits per heavy atom. The number of furan rings is 1. The lowest BCUT2D eigenvalue weighted by molar-refractivity contribution is 0.0526. The van der Waals surface area contributed by atoms with E-state index in [2.05, 4.69) is 32.6 Å². The number of carbonyl (C=O) groups is 1. The van der Waals surface area contributed by atoms with Gasteiger partial charge in [0, 0.05) is 10.2 Å². The Kier molecular flexibility index (Phi) is 6.06. The van der Waals surface area contributed by atoms with Crippen LogP contribution in [0.3, 0.4) is 0 Å². The molecular weight excluding hydrogens is 452 g/mol. The first-order valence-corrected chi connectivity index (χ1v) is 11.0. The molecule has 5 nitrogen and oxygen atoms in total. The Morgan fingerprint density at radius 1 is 1.21 bits per heavy atom. The molecule has 0 aliphatic heterocycles. The standard InChI is InChI=1S/C22H19BrN2O3S/c1-2-27-21(26)16-8-9-20-19(12-16)24-22(25(20)13-18-7-4-10-28-18)29-14-15-5-3-6-17(23)11-15/h3-12H,2,13-14H2,1H3. The number of hydrogen-bond acceptors (Lipinski definition) is 5. The van der Waals surface area contributed by atoms with Gasteiger partial charge in [-0.25, -0.2) is 9.78 Å². The summed E-state index contributed by atoms with van der Waals surface area (Å²) in [6.45, 7) is 2.71. The summed E-state index contributed by atoms with van der Waals surface area (Å²) in [6.07, 6.45) is 1.67. The Labute approximate surface area is 181 Å². The van der Waals surface area contributed by atoms with Gasteiger partial charge in [0.25, 0.3) is 0 Å². The predicted octanol–water partition coefficient (Wildman–Crippen LogP) is 5.91. The van der Waals surface area contributed by atoms with E-state index in [0.29, 0.717) is 18.7 Å². The second-order valence-electron chi connectivity index (χ2n) is 6.40. The van der Waals surface area contributed by atoms with Gasteiger partial charge in [-0.2, -0.15) is 0 Å². The maximum atomic E-state index is 12.1. The van der Waals surface area contributed by atoms with Crippen LogP contribution in [-0.4, -0.2) is 22.1 Å². The second-order valence-corrected chi connectivity index (χ2v) is 8.26. The Bertz CT molecular complexity index is 1140. The molecule has 0 unspecified atom stereocenters. The van der Waals surface area contributed by atoms with Crippen LogP contribution in [0, 0.1) is 0 Å². The summed E-state index contributed by atoms with van der Waals surface area (Å²) in [5.41, 5.74) is 3.42. The highest BCUT2D eigenvalue weighted by Gasteiger charge is 2.16. The first-order chi connectivity index (χ1) is 14.1. The fourth-order valence-corrected chi connectivity index (χ4v) is 4.45. The number of carbonyl (C=O) groups excluding carboxylic acids is 1. The molecule has 0 atom stereocenters. The minimum atomic E-state index is -0.335. The average molecular weight is 471 g/mol. The fourth-order valence-electron chi connectivity index (χ4n) is 3.05. The van der Waals surface area contributed by atoms with Crippen molar-refractivity contribution in [2.24, 2.45) is 0 Å². The van der Waals surface area contributed by atoms with Crippen molar-refractivity contribution in [1.29, 1.82) is 0 Å². The molecule has 0 aliphatic rings. The number of halogens is 1. The monoisotopic (exact) mass is 470 g/mol. The molecule has 0 saturated carbocycles. The van der Waals surface area contributed by atoms with Crippen molar-refractivity contribution in [2.45, 2.75) is 24.4 Å². The topological polar surface area (TPSA) is 57.3 Å². The molecule has 2 aromatic heterocycles. The van der Waals surface area contributed by atoms with Gasteiger partial charge in [-0.3, -0.25) is 0 Å². The van der Waals surface area contributed by atoms with Crippen molar-refractivity contribution in [3.05, 3.63) is 82.2 Å². The zero-order chi connectivity index (χ0) is 20.2. The Hall–Kier alpha value is -2.51. The van der Waals surface area contributed by atoms with Crippen LogP contribution in [0.1, 0.15) is 28.6 Å². The predicted molar refractivity (Wildman–Crippen MR) is 117 cm³/mol. The Morgan fingerprint density at radius 3 is 2.86 bits per heavy atom. The molecule has 0 saturated heterocycles. The van der Waals surface area contributed by atoms with Crippen molar-refractivity contribution in [2.75, 3.05) is 6.61 Å². The summed E-state index contributed by atoms with van der Waals surface area (Å²) >= 11 is 5.17. The number of rotatable bonds is 7. The SMILES string of the molecule is CCOC(=O)c1ccc2c(c1)nc(SCc1cccc(Br)c1)n2Cc1ccco1. The number of benzene rings is 2. The number of ether oxygens (including phenoxy) is 1. The van der Waals surface area contributed by atoms with Crippen molar-refractivity contribution in [1.82, 2.24) is 9.55 Å². The summed E-state index contributed by atoms with van der Waals surface area (Å²) in [6, 6.07) is 17.5. The summed E-state index contributed by atoms with van der Waals surface area (Å²) in [5, 5.41) is 0.873. The van der Waals surface area contributed by atoms with E-state index in [1.54, 1.807) is 37.1 Å². The van der Waals surface area contributed by atoms with E-state index >= 15 is 0 Å². The summed E-state index contributed by atoms with van der Waals surface area (Å²) in [4.78, 5) is 16.9. The highest BCUT2D eigenvalue weighted by atomic mass is 79.9. The lowest BCUT2D eigenvalue weighted by atomic mass is 10.2. The minimum Gasteiger partial charge on any atom is -0.467 e. The van der Waals surface area contributed by atoms with Crippen LogP contribution in [0.2, 0.25) is 0 Å². The van der Waals surface area contributed by atoms with Crippen LogP contribution >= 0.6 is 27.7 Å². The number of imidazole rings is 1. The van der Waals surface area contributed by atoms with E-state index in [0.717, 1.165) is 32.2 Å². The number of fused-ring (bicyclic) bond motifs is 1. The lowest BCUT2D eigenvalue weighted by Gasteiger charge is -2.08. The van der Waals surface area contributed by atoms with Crippen LogP contribution in [0.5, 0.6) is 0 Å². The first kappa shape index (κ1) is 19.8. The average Bonchev–Trinajstić information content (AvgIpc) is 3.35. The number of esters is 1. The maximum absolute atomic E-state index is 12.1. The third-order valence-electron chi connectivity index (χ3n) is 4.38. The van der Waals surface area contributed by atoms with Crippen molar-refractivity contribution >= 4 is 44.7 Å². The summed E-state index contributed by atoms with van der Waals surface area (Å²) in [5.74, 6) is 1.30. The van der Waals surface area contributed by atoms with Gasteiger partial charge >= 0.3 is 5.97 Å². The van der Waals surface area contributed by atoms with E-state index in [4.69, 9.17) is 14.1 Å². The molecule has 0 spiro atoms. The molecule has 0 bridgehead atoms. The molecular formula is C22H19BrN2O3S. The normalized spacial score (nSPS) is 11.1. The van der Waals surface area contributed by atoms with Crippen LogP contribution < -0.4 is 0 Å². The van der Waals surface area contributed by atoms with Crippen LogP contribution in [0.4, 0.5) is 0 Å². The van der Waals surface area contributed by atoms with Gasteiger partial charge in [0.05, 0.1) is 36.0 Å². The maximum Gasteiger partial charge on any atom is 0.338 e. The van der Waals surface area contributed by atoms with Gasteiger partial charge in [-0.1, -0.05) is 39.8 Å². The largest absolute Gasteiger partial charge is 0.467 e. The van der Waals surface area contributed by atoms with Crippen molar-refractivity contribution in [3.8, 4) is 0 Å². The second kappa shape index (κ2) is 8.88. The number of nitrogens with zero attached hydrogens (tertiary/aromatic N) is 2. The van der Waals surface area contributed by atoms with E-state index in [9.17, 15) is 4.79 Å². The summed E-state index contributed by atoms with van der Waals surface area (Å²) < 4.78 is 13.8. The van der Waals surface area contributed by atoms with Crippen LogP contribution in [0.25, 0.3) is 11.0 Å². The van der Waals surface area contributed by atoms with Gasteiger partial charge in [0.1, 0.15) is 5.76 Å². The molecule has 29 heavy (non-hydrogen) atoms. The van der Waals surface area contributed by atoms with Crippen molar-refractivity contribution in [3.63, 3.8) is 0 Å². The quantitative estimate of drug-likeness (QED) is 0.248. The van der Waals surface area contributed by atoms with E-state index in [-0.39, 0.29) is 5.97 Å². The first-order valence-electron chi connectivity index (χ1n) is 9.21. The van der Waals surface area contributed by atoms with Gasteiger partial charge in [-0.05, 0) is 55.0 Å².